The molecule has 5 nitrogen and oxygen atoms in total. The highest BCUT2D eigenvalue weighted by Gasteiger charge is 2.49. The third-order valence-electron chi connectivity index (χ3n) is 8.70. The van der Waals surface area contributed by atoms with Gasteiger partial charge in [-0.05, 0) is 101 Å². The maximum absolute atomic E-state index is 13.8. The second-order valence-corrected chi connectivity index (χ2v) is 16.3. The van der Waals surface area contributed by atoms with Gasteiger partial charge in [0.1, 0.15) is 34.0 Å². The van der Waals surface area contributed by atoms with E-state index in [0.717, 1.165) is 40.9 Å². The predicted octanol–water partition coefficient (Wildman–Crippen LogP) is 11.2. The first-order valence-electron chi connectivity index (χ1n) is 16.3. The second-order valence-electron chi connectivity index (χ2n) is 16.3. The molecule has 0 aliphatic carbocycles. The summed E-state index contributed by atoms with van der Waals surface area (Å²) in [7, 11) is 1.71. The van der Waals surface area contributed by atoms with Gasteiger partial charge < -0.3 is 18.6 Å². The molecule has 1 unspecified atom stereocenters. The monoisotopic (exact) mass is 606 g/mol. The number of fused-ring (bicyclic) bond motifs is 1. The Labute approximate surface area is 267 Å². The largest absolute Gasteiger partial charge is 0.496 e. The number of unbranched alkanes of at least 4 members (excludes halogenated alkanes) is 2. The van der Waals surface area contributed by atoms with Gasteiger partial charge >= 0.3 is 5.97 Å². The standard InChI is InChI=1S/C39H58O5/c1-14-15-16-17-27-18-21-30(32(22-27)41-13)33-23-28-19-20-29(24-31(28)42-33)43-37(8,9)26-38(10,11)44-34(40)39(12,36(5,6)7)25-35(2,3)4/h18-24H,14-17,25-26H2,1-13H3. The lowest BCUT2D eigenvalue weighted by Crippen LogP contribution is -2.48. The third-order valence-corrected chi connectivity index (χ3v) is 8.70. The van der Waals surface area contributed by atoms with Gasteiger partial charge in [0.25, 0.3) is 0 Å². The van der Waals surface area contributed by atoms with Crippen molar-refractivity contribution in [2.24, 2.45) is 16.2 Å². The summed E-state index contributed by atoms with van der Waals surface area (Å²) in [6.07, 6.45) is 5.91. The van der Waals surface area contributed by atoms with Gasteiger partial charge in [-0.3, -0.25) is 4.79 Å². The molecule has 0 amide bonds. The number of carbonyl (C=O) groups excluding carboxylic acids is 1. The molecule has 2 aromatic carbocycles. The van der Waals surface area contributed by atoms with Gasteiger partial charge in [0.05, 0.1) is 18.1 Å². The van der Waals surface area contributed by atoms with Crippen LogP contribution in [0.15, 0.2) is 46.9 Å². The van der Waals surface area contributed by atoms with Crippen LogP contribution in [0, 0.1) is 16.2 Å². The Balaban J connectivity index is 1.77. The van der Waals surface area contributed by atoms with Gasteiger partial charge in [-0.1, -0.05) is 67.4 Å². The summed E-state index contributed by atoms with van der Waals surface area (Å²) in [4.78, 5) is 13.8. The summed E-state index contributed by atoms with van der Waals surface area (Å²) in [6.45, 7) is 25.2. The van der Waals surface area contributed by atoms with E-state index >= 15 is 0 Å². The summed E-state index contributed by atoms with van der Waals surface area (Å²) in [5.41, 5.74) is 0.724. The first-order chi connectivity index (χ1) is 20.2. The molecule has 3 rings (SSSR count). The smallest absolute Gasteiger partial charge is 0.312 e. The van der Waals surface area contributed by atoms with Crippen molar-refractivity contribution in [2.75, 3.05) is 7.11 Å². The molecule has 5 heteroatoms. The van der Waals surface area contributed by atoms with Crippen molar-refractivity contribution in [3.8, 4) is 22.8 Å². The van der Waals surface area contributed by atoms with Gasteiger partial charge in [-0.2, -0.15) is 0 Å². The third kappa shape index (κ3) is 9.05. The summed E-state index contributed by atoms with van der Waals surface area (Å²) in [5.74, 6) is 2.13. The Bertz CT molecular complexity index is 1410. The maximum Gasteiger partial charge on any atom is 0.312 e. The van der Waals surface area contributed by atoms with Crippen molar-refractivity contribution in [1.29, 1.82) is 0 Å². The minimum atomic E-state index is -0.730. The van der Waals surface area contributed by atoms with Crippen LogP contribution in [0.5, 0.6) is 11.5 Å². The Kier molecular flexibility index (Phi) is 10.6. The summed E-state index contributed by atoms with van der Waals surface area (Å²) < 4.78 is 24.9. The molecule has 0 aliphatic heterocycles. The Morgan fingerprint density at radius 2 is 1.48 bits per heavy atom. The number of benzene rings is 2. The zero-order valence-corrected chi connectivity index (χ0v) is 29.8. The summed E-state index contributed by atoms with van der Waals surface area (Å²) in [5, 5.41) is 0.994. The van der Waals surface area contributed by atoms with Gasteiger partial charge in [0.15, 0.2) is 0 Å². The molecule has 1 aromatic heterocycles. The van der Waals surface area contributed by atoms with Crippen molar-refractivity contribution in [1.82, 2.24) is 0 Å². The fourth-order valence-corrected chi connectivity index (χ4v) is 6.37. The van der Waals surface area contributed by atoms with Gasteiger partial charge in [0.2, 0.25) is 0 Å². The minimum Gasteiger partial charge on any atom is -0.496 e. The van der Waals surface area contributed by atoms with E-state index < -0.39 is 16.6 Å². The zero-order valence-electron chi connectivity index (χ0n) is 29.8. The fraction of sp³-hybridized carbons (Fsp3) is 0.615. The molecule has 0 aliphatic rings. The number of carbonyl (C=O) groups is 1. The van der Waals surface area contributed by atoms with Gasteiger partial charge in [-0.15, -0.1) is 0 Å². The van der Waals surface area contributed by atoms with Crippen LogP contribution >= 0.6 is 0 Å². The maximum atomic E-state index is 13.8. The molecule has 0 spiro atoms. The molecule has 0 fully saturated rings. The average molecular weight is 607 g/mol. The highest BCUT2D eigenvalue weighted by atomic mass is 16.6. The van der Waals surface area contributed by atoms with E-state index in [1.54, 1.807) is 7.11 Å². The summed E-state index contributed by atoms with van der Waals surface area (Å²) >= 11 is 0. The normalized spacial score (nSPS) is 14.4. The number of aryl methyl sites for hydroxylation is 1. The van der Waals surface area contributed by atoms with Crippen molar-refractivity contribution < 1.29 is 23.4 Å². The van der Waals surface area contributed by atoms with E-state index in [-0.39, 0.29) is 16.8 Å². The minimum absolute atomic E-state index is 0.0131. The molecule has 1 heterocycles. The van der Waals surface area contributed by atoms with E-state index in [2.05, 4.69) is 66.7 Å². The second kappa shape index (κ2) is 13.2. The molecule has 0 saturated heterocycles. The molecule has 0 bridgehead atoms. The van der Waals surface area contributed by atoms with Crippen LogP contribution in [0.2, 0.25) is 0 Å². The molecular weight excluding hydrogens is 548 g/mol. The number of methoxy groups -OCH3 is 1. The van der Waals surface area contributed by atoms with Crippen LogP contribution < -0.4 is 9.47 Å². The highest BCUT2D eigenvalue weighted by molar-refractivity contribution is 5.85. The lowest BCUT2D eigenvalue weighted by molar-refractivity contribution is -0.181. The quantitative estimate of drug-likeness (QED) is 0.143. The Morgan fingerprint density at radius 3 is 2.07 bits per heavy atom. The molecule has 1 atom stereocenters. The van der Waals surface area contributed by atoms with Crippen LogP contribution in [-0.4, -0.2) is 24.3 Å². The first-order valence-corrected chi connectivity index (χ1v) is 16.3. The van der Waals surface area contributed by atoms with Crippen molar-refractivity contribution in [3.05, 3.63) is 48.0 Å². The fourth-order valence-electron chi connectivity index (χ4n) is 6.37. The SMILES string of the molecule is CCCCCc1ccc(-c2cc3ccc(OC(C)(C)CC(C)(C)OC(=O)C(C)(CC(C)(C)C)C(C)(C)C)cc3o2)c(OC)c1. The van der Waals surface area contributed by atoms with Crippen LogP contribution in [0.4, 0.5) is 0 Å². The Hall–Kier alpha value is -2.95. The highest BCUT2D eigenvalue weighted by Crippen LogP contribution is 2.48. The number of ether oxygens (including phenoxy) is 3. The van der Waals surface area contributed by atoms with E-state index in [1.807, 2.05) is 58.9 Å². The number of furan rings is 1. The zero-order chi connectivity index (χ0) is 33.1. The topological polar surface area (TPSA) is 57.9 Å². The van der Waals surface area contributed by atoms with E-state index in [4.69, 9.17) is 18.6 Å². The molecular formula is C39H58O5. The van der Waals surface area contributed by atoms with Crippen molar-refractivity contribution in [2.45, 2.75) is 133 Å². The molecule has 244 valence electrons. The molecule has 44 heavy (non-hydrogen) atoms. The average Bonchev–Trinajstić information content (AvgIpc) is 3.29. The summed E-state index contributed by atoms with van der Waals surface area (Å²) in [6, 6.07) is 14.4. The van der Waals surface area contributed by atoms with E-state index in [1.165, 1.54) is 24.8 Å². The molecule has 0 saturated carbocycles. The molecule has 3 aromatic rings. The van der Waals surface area contributed by atoms with Crippen molar-refractivity contribution >= 4 is 16.9 Å². The van der Waals surface area contributed by atoms with Crippen LogP contribution in [0.3, 0.4) is 0 Å². The predicted molar refractivity (Wildman–Crippen MR) is 183 cm³/mol. The van der Waals surface area contributed by atoms with Crippen LogP contribution in [0.1, 0.15) is 121 Å². The number of rotatable bonds is 13. The Morgan fingerprint density at radius 1 is 0.795 bits per heavy atom. The van der Waals surface area contributed by atoms with Crippen molar-refractivity contribution in [3.63, 3.8) is 0 Å². The first kappa shape index (κ1) is 35.5. The van der Waals surface area contributed by atoms with Gasteiger partial charge in [-0.25, -0.2) is 0 Å². The lowest BCUT2D eigenvalue weighted by atomic mass is 9.61. The molecule has 0 N–H and O–H groups in total. The van der Waals surface area contributed by atoms with E-state index in [0.29, 0.717) is 12.2 Å². The van der Waals surface area contributed by atoms with Crippen LogP contribution in [-0.2, 0) is 16.0 Å². The number of esters is 1. The van der Waals surface area contributed by atoms with Gasteiger partial charge in [0, 0.05) is 17.9 Å². The molecule has 0 radical (unpaired) electrons. The van der Waals surface area contributed by atoms with Crippen LogP contribution in [0.25, 0.3) is 22.3 Å². The number of hydrogen-bond acceptors (Lipinski definition) is 5. The number of hydrogen-bond donors (Lipinski definition) is 0. The lowest BCUT2D eigenvalue weighted by Gasteiger charge is -2.45. The van der Waals surface area contributed by atoms with E-state index in [9.17, 15) is 4.79 Å².